The molecule has 1 aromatic rings. The molecule has 0 saturated heterocycles. The van der Waals surface area contributed by atoms with Crippen LogP contribution in [-0.2, 0) is 5.75 Å². The van der Waals surface area contributed by atoms with Crippen LogP contribution in [0.15, 0.2) is 11.4 Å². The minimum Gasteiger partial charge on any atom is -0.478 e. The third-order valence-electron chi connectivity index (χ3n) is 1.35. The summed E-state index contributed by atoms with van der Waals surface area (Å²) in [6.45, 7) is 2.09. The van der Waals surface area contributed by atoms with E-state index in [1.54, 1.807) is 23.2 Å². The molecule has 0 amide bonds. The Balaban J connectivity index is 2.58. The van der Waals surface area contributed by atoms with Crippen molar-refractivity contribution in [3.63, 3.8) is 0 Å². The molecule has 0 spiro atoms. The molecule has 1 heterocycles. The molecule has 1 aromatic heterocycles. The Kier molecular flexibility index (Phi) is 3.62. The Bertz CT molecular complexity index is 268. The third-order valence-corrected chi connectivity index (χ3v) is 3.39. The first-order valence-corrected chi connectivity index (χ1v) is 5.66. The van der Waals surface area contributed by atoms with Gasteiger partial charge in [-0.05, 0) is 11.8 Å². The maximum absolute atomic E-state index is 10.5. The lowest BCUT2D eigenvalue weighted by Crippen LogP contribution is -1.91. The number of carboxylic acids is 1. The van der Waals surface area contributed by atoms with Gasteiger partial charge in [0.2, 0.25) is 0 Å². The zero-order chi connectivity index (χ0) is 8.97. The molecule has 0 aliphatic rings. The van der Waals surface area contributed by atoms with Crippen LogP contribution in [0.4, 0.5) is 0 Å². The molecule has 0 unspecified atom stereocenters. The van der Waals surface area contributed by atoms with E-state index in [1.807, 2.05) is 0 Å². The second kappa shape index (κ2) is 4.52. The average Bonchev–Trinajstić information content (AvgIpc) is 2.48. The Hall–Kier alpha value is -0.480. The van der Waals surface area contributed by atoms with Crippen LogP contribution in [-0.4, -0.2) is 16.8 Å². The number of hydrogen-bond donors (Lipinski definition) is 1. The van der Waals surface area contributed by atoms with E-state index in [-0.39, 0.29) is 0 Å². The van der Waals surface area contributed by atoms with Gasteiger partial charge < -0.3 is 5.11 Å². The first-order valence-electron chi connectivity index (χ1n) is 3.62. The SMILES string of the molecule is CCSCc1cc(C(=O)O)cs1. The van der Waals surface area contributed by atoms with Crippen molar-refractivity contribution in [1.29, 1.82) is 0 Å². The number of rotatable bonds is 4. The highest BCUT2D eigenvalue weighted by Gasteiger charge is 2.05. The summed E-state index contributed by atoms with van der Waals surface area (Å²) < 4.78 is 0. The lowest BCUT2D eigenvalue weighted by molar-refractivity contribution is 0.0697. The highest BCUT2D eigenvalue weighted by atomic mass is 32.2. The average molecular weight is 202 g/mol. The van der Waals surface area contributed by atoms with Crippen LogP contribution in [0.5, 0.6) is 0 Å². The zero-order valence-electron chi connectivity index (χ0n) is 6.74. The van der Waals surface area contributed by atoms with E-state index in [2.05, 4.69) is 6.92 Å². The molecule has 0 aliphatic heterocycles. The van der Waals surface area contributed by atoms with Crippen molar-refractivity contribution in [1.82, 2.24) is 0 Å². The van der Waals surface area contributed by atoms with Gasteiger partial charge in [-0.15, -0.1) is 11.3 Å². The van der Waals surface area contributed by atoms with E-state index in [9.17, 15) is 4.79 Å². The molecular weight excluding hydrogens is 192 g/mol. The van der Waals surface area contributed by atoms with Crippen molar-refractivity contribution in [3.8, 4) is 0 Å². The minimum absolute atomic E-state index is 0.409. The summed E-state index contributed by atoms with van der Waals surface area (Å²) in [5.41, 5.74) is 0.409. The number of thioether (sulfide) groups is 1. The fourth-order valence-electron chi connectivity index (χ4n) is 0.771. The lowest BCUT2D eigenvalue weighted by Gasteiger charge is -1.91. The monoisotopic (exact) mass is 202 g/mol. The van der Waals surface area contributed by atoms with E-state index in [0.29, 0.717) is 5.56 Å². The predicted octanol–water partition coefficient (Wildman–Crippen LogP) is 2.70. The predicted molar refractivity (Wildman–Crippen MR) is 53.1 cm³/mol. The van der Waals surface area contributed by atoms with E-state index in [4.69, 9.17) is 5.11 Å². The molecule has 2 nitrogen and oxygen atoms in total. The molecule has 0 aromatic carbocycles. The number of carbonyl (C=O) groups is 1. The van der Waals surface area contributed by atoms with Crippen molar-refractivity contribution in [2.75, 3.05) is 5.75 Å². The van der Waals surface area contributed by atoms with Crippen molar-refractivity contribution >= 4 is 29.1 Å². The van der Waals surface area contributed by atoms with Crippen molar-refractivity contribution in [2.24, 2.45) is 0 Å². The summed E-state index contributed by atoms with van der Waals surface area (Å²) in [6, 6.07) is 1.75. The largest absolute Gasteiger partial charge is 0.478 e. The van der Waals surface area contributed by atoms with Gasteiger partial charge in [-0.3, -0.25) is 0 Å². The van der Waals surface area contributed by atoms with Crippen LogP contribution in [0.25, 0.3) is 0 Å². The lowest BCUT2D eigenvalue weighted by atomic mass is 10.3. The standard InChI is InChI=1S/C8H10O2S2/c1-2-11-5-7-3-6(4-12-7)8(9)10/h3-4H,2,5H2,1H3,(H,9,10). The highest BCUT2D eigenvalue weighted by molar-refractivity contribution is 7.98. The molecule has 0 aliphatic carbocycles. The van der Waals surface area contributed by atoms with Crippen molar-refractivity contribution < 1.29 is 9.90 Å². The minimum atomic E-state index is -0.834. The maximum atomic E-state index is 10.5. The van der Waals surface area contributed by atoms with Crippen LogP contribution < -0.4 is 0 Å². The number of aromatic carboxylic acids is 1. The molecule has 4 heteroatoms. The summed E-state index contributed by atoms with van der Waals surface area (Å²) in [6.07, 6.45) is 0. The number of carboxylic acid groups (broad SMARTS) is 1. The van der Waals surface area contributed by atoms with Crippen molar-refractivity contribution in [3.05, 3.63) is 21.9 Å². The van der Waals surface area contributed by atoms with E-state index < -0.39 is 5.97 Å². The summed E-state index contributed by atoms with van der Waals surface area (Å²) in [7, 11) is 0. The number of thiophene rings is 1. The van der Waals surface area contributed by atoms with Gasteiger partial charge in [-0.2, -0.15) is 11.8 Å². The summed E-state index contributed by atoms with van der Waals surface area (Å²) >= 11 is 3.32. The fraction of sp³-hybridized carbons (Fsp3) is 0.375. The van der Waals surface area contributed by atoms with Gasteiger partial charge in [-0.25, -0.2) is 4.79 Å². The van der Waals surface area contributed by atoms with Crippen LogP contribution >= 0.6 is 23.1 Å². The van der Waals surface area contributed by atoms with Gasteiger partial charge >= 0.3 is 5.97 Å². The summed E-state index contributed by atoms with van der Waals surface area (Å²) in [4.78, 5) is 11.6. The normalized spacial score (nSPS) is 10.1. The van der Waals surface area contributed by atoms with Crippen LogP contribution in [0.1, 0.15) is 22.2 Å². The summed E-state index contributed by atoms with van der Waals surface area (Å²) in [5.74, 6) is 1.16. The maximum Gasteiger partial charge on any atom is 0.336 e. The Labute approximate surface area is 79.6 Å². The van der Waals surface area contributed by atoms with Gasteiger partial charge in [0.25, 0.3) is 0 Å². The molecule has 12 heavy (non-hydrogen) atoms. The van der Waals surface area contributed by atoms with Crippen LogP contribution in [0.2, 0.25) is 0 Å². The Morgan fingerprint density at radius 2 is 2.50 bits per heavy atom. The van der Waals surface area contributed by atoms with Crippen LogP contribution in [0, 0.1) is 0 Å². The molecular formula is C8H10O2S2. The molecule has 66 valence electrons. The zero-order valence-corrected chi connectivity index (χ0v) is 8.37. The topological polar surface area (TPSA) is 37.3 Å². The summed E-state index contributed by atoms with van der Waals surface area (Å²) in [5, 5.41) is 10.3. The van der Waals surface area contributed by atoms with Crippen molar-refractivity contribution in [2.45, 2.75) is 12.7 Å². The molecule has 0 saturated carbocycles. The van der Waals surface area contributed by atoms with E-state index in [1.165, 1.54) is 11.3 Å². The number of hydrogen-bond acceptors (Lipinski definition) is 3. The molecule has 1 rings (SSSR count). The van der Waals surface area contributed by atoms with Gasteiger partial charge in [0.1, 0.15) is 0 Å². The highest BCUT2D eigenvalue weighted by Crippen LogP contribution is 2.20. The van der Waals surface area contributed by atoms with E-state index in [0.717, 1.165) is 16.4 Å². The van der Waals surface area contributed by atoms with Crippen LogP contribution in [0.3, 0.4) is 0 Å². The second-order valence-electron chi connectivity index (χ2n) is 2.24. The van der Waals surface area contributed by atoms with Gasteiger partial charge in [0.05, 0.1) is 5.56 Å². The Morgan fingerprint density at radius 1 is 1.75 bits per heavy atom. The van der Waals surface area contributed by atoms with Gasteiger partial charge in [0.15, 0.2) is 0 Å². The molecule has 0 atom stereocenters. The second-order valence-corrected chi connectivity index (χ2v) is 4.51. The van der Waals surface area contributed by atoms with Gasteiger partial charge in [0, 0.05) is 16.0 Å². The first-order chi connectivity index (χ1) is 5.74. The fourth-order valence-corrected chi connectivity index (χ4v) is 2.42. The smallest absolute Gasteiger partial charge is 0.336 e. The van der Waals surface area contributed by atoms with Gasteiger partial charge in [-0.1, -0.05) is 6.92 Å². The first kappa shape index (κ1) is 9.61. The quantitative estimate of drug-likeness (QED) is 0.815. The Morgan fingerprint density at radius 3 is 3.00 bits per heavy atom. The third kappa shape index (κ3) is 2.53. The molecule has 0 fully saturated rings. The van der Waals surface area contributed by atoms with E-state index >= 15 is 0 Å². The molecule has 0 bridgehead atoms. The molecule has 0 radical (unpaired) electrons. The molecule has 1 N–H and O–H groups in total.